The van der Waals surface area contributed by atoms with Gasteiger partial charge in [0, 0.05) is 24.3 Å². The second kappa shape index (κ2) is 5.81. The lowest BCUT2D eigenvalue weighted by Gasteiger charge is -2.15. The molecule has 1 aromatic rings. The molecule has 0 aliphatic rings. The van der Waals surface area contributed by atoms with Crippen molar-refractivity contribution in [2.45, 2.75) is 32.1 Å². The second-order valence-corrected chi connectivity index (χ2v) is 3.93. The smallest absolute Gasteiger partial charge is 0.349 e. The molecule has 0 fully saturated rings. The van der Waals surface area contributed by atoms with Gasteiger partial charge in [0.1, 0.15) is 0 Å². The van der Waals surface area contributed by atoms with Crippen LogP contribution in [0.3, 0.4) is 0 Å². The van der Waals surface area contributed by atoms with Crippen molar-refractivity contribution < 1.29 is 18.0 Å². The summed E-state index contributed by atoms with van der Waals surface area (Å²) in [6.07, 6.45) is -3.97. The minimum atomic E-state index is -4.30. The first-order valence-corrected chi connectivity index (χ1v) is 5.34. The van der Waals surface area contributed by atoms with Gasteiger partial charge in [-0.3, -0.25) is 9.78 Å². The molecule has 0 aromatic carbocycles. The Kier molecular flexibility index (Phi) is 4.66. The lowest BCUT2D eigenvalue weighted by atomic mass is 10.2. The van der Waals surface area contributed by atoms with Crippen molar-refractivity contribution in [1.82, 2.24) is 10.3 Å². The van der Waals surface area contributed by atoms with Crippen molar-refractivity contribution in [1.29, 1.82) is 0 Å². The number of aromatic nitrogens is 1. The Labute approximate surface area is 102 Å². The maximum absolute atomic E-state index is 12.1. The van der Waals surface area contributed by atoms with Gasteiger partial charge >= 0.3 is 6.18 Å². The first-order chi connectivity index (χ1) is 8.31. The number of alkyl halides is 3. The van der Waals surface area contributed by atoms with Crippen LogP contribution in [0.4, 0.5) is 13.2 Å². The van der Waals surface area contributed by atoms with E-state index < -0.39 is 24.5 Å². The van der Waals surface area contributed by atoms with Crippen LogP contribution >= 0.6 is 0 Å². The number of carbonyl (C=O) groups is 1. The highest BCUT2D eigenvalue weighted by Gasteiger charge is 2.30. The molecule has 1 unspecified atom stereocenters. The molecule has 1 heterocycles. The van der Waals surface area contributed by atoms with E-state index in [0.717, 1.165) is 0 Å². The van der Waals surface area contributed by atoms with Crippen molar-refractivity contribution in [3.8, 4) is 0 Å². The molecule has 1 aromatic heterocycles. The summed E-state index contributed by atoms with van der Waals surface area (Å²) < 4.78 is 36.3. The van der Waals surface area contributed by atoms with E-state index in [1.54, 1.807) is 0 Å². The van der Waals surface area contributed by atoms with Crippen LogP contribution in [-0.2, 0) is 6.54 Å². The summed E-state index contributed by atoms with van der Waals surface area (Å²) in [5.74, 6) is -0.566. The van der Waals surface area contributed by atoms with E-state index in [0.29, 0.717) is 5.69 Å². The number of nitrogens with zero attached hydrogens (tertiary/aromatic N) is 1. The molecule has 0 radical (unpaired) electrons. The molecule has 7 heteroatoms. The summed E-state index contributed by atoms with van der Waals surface area (Å²) in [5, 5.41) is 2.28. The third-order valence-electron chi connectivity index (χ3n) is 2.20. The fraction of sp³-hybridized carbons (Fsp3) is 0.455. The zero-order valence-corrected chi connectivity index (χ0v) is 9.79. The third kappa shape index (κ3) is 4.70. The number of halogens is 3. The van der Waals surface area contributed by atoms with Crippen LogP contribution in [0.15, 0.2) is 18.3 Å². The number of hydrogen-bond donors (Lipinski definition) is 2. The van der Waals surface area contributed by atoms with Gasteiger partial charge in [-0.15, -0.1) is 0 Å². The molecular formula is C11H14F3N3O. The molecule has 0 spiro atoms. The quantitative estimate of drug-likeness (QED) is 0.865. The summed E-state index contributed by atoms with van der Waals surface area (Å²) >= 11 is 0. The van der Waals surface area contributed by atoms with Crippen molar-refractivity contribution in [2.75, 3.05) is 0 Å². The Hall–Kier alpha value is -1.63. The summed E-state index contributed by atoms with van der Waals surface area (Å²) in [6.45, 7) is 1.47. The van der Waals surface area contributed by atoms with Gasteiger partial charge in [-0.25, -0.2) is 0 Å². The van der Waals surface area contributed by atoms with Gasteiger partial charge in [0.25, 0.3) is 5.91 Å². The van der Waals surface area contributed by atoms with Gasteiger partial charge < -0.3 is 11.1 Å². The van der Waals surface area contributed by atoms with Crippen molar-refractivity contribution in [2.24, 2.45) is 5.73 Å². The molecule has 0 saturated carbocycles. The van der Waals surface area contributed by atoms with E-state index in [-0.39, 0.29) is 12.1 Å². The highest BCUT2D eigenvalue weighted by atomic mass is 19.4. The standard InChI is InChI=1S/C11H14F3N3O/c1-7(5-11(12,13)14)17-10(18)8-2-3-16-9(4-8)6-15/h2-4,7H,5-6,15H2,1H3,(H,17,18). The van der Waals surface area contributed by atoms with E-state index in [4.69, 9.17) is 5.73 Å². The number of amides is 1. The molecule has 0 aliphatic heterocycles. The lowest BCUT2D eigenvalue weighted by molar-refractivity contribution is -0.138. The third-order valence-corrected chi connectivity index (χ3v) is 2.20. The molecule has 0 aliphatic carbocycles. The van der Waals surface area contributed by atoms with Crippen LogP contribution in [0.2, 0.25) is 0 Å². The van der Waals surface area contributed by atoms with Crippen molar-refractivity contribution in [3.05, 3.63) is 29.6 Å². The van der Waals surface area contributed by atoms with Crippen LogP contribution in [0.25, 0.3) is 0 Å². The molecule has 1 rings (SSSR count). The van der Waals surface area contributed by atoms with Gasteiger partial charge in [0.05, 0.1) is 12.1 Å². The number of rotatable bonds is 4. The normalized spacial score (nSPS) is 13.2. The molecule has 1 amide bonds. The Morgan fingerprint density at radius 1 is 1.56 bits per heavy atom. The number of nitrogens with one attached hydrogen (secondary N) is 1. The maximum Gasteiger partial charge on any atom is 0.391 e. The molecule has 18 heavy (non-hydrogen) atoms. The van der Waals surface area contributed by atoms with Crippen molar-refractivity contribution >= 4 is 5.91 Å². The highest BCUT2D eigenvalue weighted by Crippen LogP contribution is 2.21. The van der Waals surface area contributed by atoms with E-state index in [9.17, 15) is 18.0 Å². The monoisotopic (exact) mass is 261 g/mol. The number of hydrogen-bond acceptors (Lipinski definition) is 3. The number of carbonyl (C=O) groups excluding carboxylic acids is 1. The average Bonchev–Trinajstić information content (AvgIpc) is 2.26. The predicted octanol–water partition coefficient (Wildman–Crippen LogP) is 1.61. The molecule has 0 saturated heterocycles. The first kappa shape index (κ1) is 14.4. The minimum absolute atomic E-state index is 0.166. The van der Waals surface area contributed by atoms with Gasteiger partial charge in [-0.1, -0.05) is 0 Å². The van der Waals surface area contributed by atoms with E-state index in [1.165, 1.54) is 25.3 Å². The highest BCUT2D eigenvalue weighted by molar-refractivity contribution is 5.94. The van der Waals surface area contributed by atoms with Crippen LogP contribution in [0.5, 0.6) is 0 Å². The molecule has 100 valence electrons. The van der Waals surface area contributed by atoms with Gasteiger partial charge in [-0.2, -0.15) is 13.2 Å². The summed E-state index contributed by atoms with van der Waals surface area (Å²) in [5.41, 5.74) is 6.12. The summed E-state index contributed by atoms with van der Waals surface area (Å²) in [4.78, 5) is 15.6. The van der Waals surface area contributed by atoms with Crippen LogP contribution in [0.1, 0.15) is 29.4 Å². The molecular weight excluding hydrogens is 247 g/mol. The SMILES string of the molecule is CC(CC(F)(F)F)NC(=O)c1ccnc(CN)c1. The largest absolute Gasteiger partial charge is 0.391 e. The fourth-order valence-electron chi connectivity index (χ4n) is 1.44. The van der Waals surface area contributed by atoms with Crippen LogP contribution in [-0.4, -0.2) is 23.1 Å². The van der Waals surface area contributed by atoms with Crippen molar-refractivity contribution in [3.63, 3.8) is 0 Å². The van der Waals surface area contributed by atoms with E-state index in [1.807, 2.05) is 0 Å². The van der Waals surface area contributed by atoms with Crippen LogP contribution < -0.4 is 11.1 Å². The zero-order chi connectivity index (χ0) is 13.8. The summed E-state index contributed by atoms with van der Waals surface area (Å²) in [6, 6.07) is 1.90. The number of pyridine rings is 1. The summed E-state index contributed by atoms with van der Waals surface area (Å²) in [7, 11) is 0. The van der Waals surface area contributed by atoms with Gasteiger partial charge in [-0.05, 0) is 19.1 Å². The Balaban J connectivity index is 2.64. The zero-order valence-electron chi connectivity index (χ0n) is 9.79. The second-order valence-electron chi connectivity index (χ2n) is 3.93. The molecule has 3 N–H and O–H groups in total. The molecule has 0 bridgehead atoms. The molecule has 1 atom stereocenters. The van der Waals surface area contributed by atoms with Gasteiger partial charge in [0.2, 0.25) is 0 Å². The van der Waals surface area contributed by atoms with Gasteiger partial charge in [0.15, 0.2) is 0 Å². The Morgan fingerprint density at radius 3 is 2.78 bits per heavy atom. The van der Waals surface area contributed by atoms with E-state index in [2.05, 4.69) is 10.3 Å². The number of nitrogens with two attached hydrogens (primary N) is 1. The fourth-order valence-corrected chi connectivity index (χ4v) is 1.44. The molecule has 4 nitrogen and oxygen atoms in total. The minimum Gasteiger partial charge on any atom is -0.349 e. The Bertz CT molecular complexity index is 420. The average molecular weight is 261 g/mol. The van der Waals surface area contributed by atoms with Crippen LogP contribution in [0, 0.1) is 0 Å². The van der Waals surface area contributed by atoms with E-state index >= 15 is 0 Å². The topological polar surface area (TPSA) is 68.0 Å². The lowest BCUT2D eigenvalue weighted by Crippen LogP contribution is -2.36. The Morgan fingerprint density at radius 2 is 2.22 bits per heavy atom. The predicted molar refractivity (Wildman–Crippen MR) is 59.7 cm³/mol. The first-order valence-electron chi connectivity index (χ1n) is 5.34. The maximum atomic E-state index is 12.1.